The fourth-order valence-electron chi connectivity index (χ4n) is 2.55. The van der Waals surface area contributed by atoms with E-state index in [2.05, 4.69) is 20.7 Å². The van der Waals surface area contributed by atoms with Crippen molar-refractivity contribution < 1.29 is 14.3 Å². The van der Waals surface area contributed by atoms with Crippen molar-refractivity contribution in [2.75, 3.05) is 26.3 Å². The molecule has 1 atom stereocenters. The minimum atomic E-state index is -0.609. The lowest BCUT2D eigenvalue weighted by Gasteiger charge is -2.29. The van der Waals surface area contributed by atoms with Gasteiger partial charge in [0.25, 0.3) is 0 Å². The van der Waals surface area contributed by atoms with E-state index in [1.165, 1.54) is 4.80 Å². The van der Waals surface area contributed by atoms with Gasteiger partial charge in [-0.05, 0) is 12.1 Å². The van der Waals surface area contributed by atoms with E-state index < -0.39 is 6.04 Å². The third kappa shape index (κ3) is 4.38. The summed E-state index contributed by atoms with van der Waals surface area (Å²) in [5.74, 6) is -0.00913. The van der Waals surface area contributed by atoms with E-state index in [9.17, 15) is 9.59 Å². The summed E-state index contributed by atoms with van der Waals surface area (Å²) < 4.78 is 5.22. The molecular formula is C16H20N6O3. The molecule has 1 N–H and O–H groups in total. The van der Waals surface area contributed by atoms with Crippen molar-refractivity contribution in [2.24, 2.45) is 0 Å². The monoisotopic (exact) mass is 344 g/mol. The highest BCUT2D eigenvalue weighted by atomic mass is 16.5. The number of hydrogen-bond acceptors (Lipinski definition) is 6. The SMILES string of the molecule is CC(NC(=O)Cn1nnc(-c2ccccc2)n1)C(=O)N1CCOCC1. The number of aromatic nitrogens is 4. The predicted molar refractivity (Wildman–Crippen MR) is 88.3 cm³/mol. The average molecular weight is 344 g/mol. The number of benzene rings is 1. The topological polar surface area (TPSA) is 102 Å². The van der Waals surface area contributed by atoms with Gasteiger partial charge in [0.15, 0.2) is 0 Å². The van der Waals surface area contributed by atoms with E-state index >= 15 is 0 Å². The maximum Gasteiger partial charge on any atom is 0.245 e. The summed E-state index contributed by atoms with van der Waals surface area (Å²) in [6, 6.07) is 8.77. The number of tetrazole rings is 1. The molecule has 0 spiro atoms. The Bertz CT molecular complexity index is 726. The lowest BCUT2D eigenvalue weighted by molar-refractivity contribution is -0.139. The zero-order valence-corrected chi connectivity index (χ0v) is 14.0. The second-order valence-corrected chi connectivity index (χ2v) is 5.74. The Morgan fingerprint density at radius 1 is 1.24 bits per heavy atom. The highest BCUT2D eigenvalue weighted by Crippen LogP contribution is 2.11. The van der Waals surface area contributed by atoms with Crippen LogP contribution in [0.5, 0.6) is 0 Å². The largest absolute Gasteiger partial charge is 0.378 e. The van der Waals surface area contributed by atoms with Crippen LogP contribution in [0, 0.1) is 0 Å². The number of ether oxygens (including phenoxy) is 1. The molecule has 0 radical (unpaired) electrons. The molecule has 0 aliphatic carbocycles. The first-order valence-electron chi connectivity index (χ1n) is 8.12. The molecular weight excluding hydrogens is 324 g/mol. The van der Waals surface area contributed by atoms with Crippen molar-refractivity contribution in [3.05, 3.63) is 30.3 Å². The molecule has 2 amide bonds. The van der Waals surface area contributed by atoms with Gasteiger partial charge in [0.1, 0.15) is 12.6 Å². The minimum Gasteiger partial charge on any atom is -0.378 e. The first-order valence-corrected chi connectivity index (χ1v) is 8.12. The van der Waals surface area contributed by atoms with Crippen LogP contribution in [-0.2, 0) is 20.9 Å². The van der Waals surface area contributed by atoms with Gasteiger partial charge in [0, 0.05) is 18.7 Å². The fourth-order valence-corrected chi connectivity index (χ4v) is 2.55. The molecule has 1 saturated heterocycles. The van der Waals surface area contributed by atoms with Crippen LogP contribution < -0.4 is 5.32 Å². The summed E-state index contributed by atoms with van der Waals surface area (Å²) in [6.07, 6.45) is 0. The van der Waals surface area contributed by atoms with Crippen molar-refractivity contribution in [1.29, 1.82) is 0 Å². The number of nitrogens with one attached hydrogen (secondary N) is 1. The van der Waals surface area contributed by atoms with Crippen molar-refractivity contribution in [1.82, 2.24) is 30.4 Å². The van der Waals surface area contributed by atoms with Gasteiger partial charge in [-0.1, -0.05) is 30.3 Å². The molecule has 1 aromatic heterocycles. The Hall–Kier alpha value is -2.81. The number of carbonyl (C=O) groups excluding carboxylic acids is 2. The highest BCUT2D eigenvalue weighted by Gasteiger charge is 2.23. The van der Waals surface area contributed by atoms with E-state index in [1.807, 2.05) is 30.3 Å². The molecule has 1 fully saturated rings. The molecule has 0 bridgehead atoms. The first kappa shape index (κ1) is 17.0. The van der Waals surface area contributed by atoms with Gasteiger partial charge in [-0.15, -0.1) is 10.2 Å². The summed E-state index contributed by atoms with van der Waals surface area (Å²) in [5, 5.41) is 14.7. The lowest BCUT2D eigenvalue weighted by Crippen LogP contribution is -2.51. The van der Waals surface area contributed by atoms with Crippen LogP contribution in [0.2, 0.25) is 0 Å². The summed E-state index contributed by atoms with van der Waals surface area (Å²) in [4.78, 5) is 27.3. The maximum absolute atomic E-state index is 12.3. The molecule has 3 rings (SSSR count). The molecule has 1 aromatic carbocycles. The zero-order valence-electron chi connectivity index (χ0n) is 14.0. The number of rotatable bonds is 5. The molecule has 1 aliphatic heterocycles. The first-order chi connectivity index (χ1) is 12.1. The highest BCUT2D eigenvalue weighted by molar-refractivity contribution is 5.87. The Balaban J connectivity index is 1.54. The van der Waals surface area contributed by atoms with Crippen molar-refractivity contribution in [3.63, 3.8) is 0 Å². The number of hydrogen-bond donors (Lipinski definition) is 1. The van der Waals surface area contributed by atoms with Crippen LogP contribution in [0.15, 0.2) is 30.3 Å². The molecule has 9 nitrogen and oxygen atoms in total. The predicted octanol–water partition coefficient (Wildman–Crippen LogP) is -0.296. The third-order valence-electron chi connectivity index (χ3n) is 3.84. The second-order valence-electron chi connectivity index (χ2n) is 5.74. The molecule has 25 heavy (non-hydrogen) atoms. The van der Waals surface area contributed by atoms with Gasteiger partial charge in [-0.3, -0.25) is 9.59 Å². The van der Waals surface area contributed by atoms with Crippen LogP contribution >= 0.6 is 0 Å². The van der Waals surface area contributed by atoms with Crippen LogP contribution in [-0.4, -0.2) is 69.3 Å². The number of carbonyl (C=O) groups is 2. The molecule has 1 unspecified atom stereocenters. The normalized spacial score (nSPS) is 15.6. The molecule has 1 aliphatic rings. The van der Waals surface area contributed by atoms with Crippen LogP contribution in [0.25, 0.3) is 11.4 Å². The van der Waals surface area contributed by atoms with Gasteiger partial charge in [0.05, 0.1) is 13.2 Å². The van der Waals surface area contributed by atoms with Gasteiger partial charge in [0.2, 0.25) is 17.6 Å². The smallest absolute Gasteiger partial charge is 0.245 e. The zero-order chi connectivity index (χ0) is 17.6. The third-order valence-corrected chi connectivity index (χ3v) is 3.84. The van der Waals surface area contributed by atoms with E-state index in [1.54, 1.807) is 11.8 Å². The van der Waals surface area contributed by atoms with Crippen LogP contribution in [0.1, 0.15) is 6.92 Å². The molecule has 2 heterocycles. The van der Waals surface area contributed by atoms with E-state index in [4.69, 9.17) is 4.74 Å². The number of amides is 2. The molecule has 0 saturated carbocycles. The summed E-state index contributed by atoms with van der Waals surface area (Å²) in [6.45, 7) is 3.71. The maximum atomic E-state index is 12.3. The molecule has 132 valence electrons. The van der Waals surface area contributed by atoms with E-state index in [-0.39, 0.29) is 18.4 Å². The minimum absolute atomic E-state index is 0.0967. The van der Waals surface area contributed by atoms with Gasteiger partial charge >= 0.3 is 0 Å². The fraction of sp³-hybridized carbons (Fsp3) is 0.438. The lowest BCUT2D eigenvalue weighted by atomic mass is 10.2. The summed E-state index contributed by atoms with van der Waals surface area (Å²) in [5.41, 5.74) is 0.824. The average Bonchev–Trinajstić information content (AvgIpc) is 3.10. The van der Waals surface area contributed by atoms with Gasteiger partial charge < -0.3 is 15.0 Å². The standard InChI is InChI=1S/C16H20N6O3/c1-12(16(24)21-7-9-25-10-8-21)17-14(23)11-22-19-15(18-20-22)13-5-3-2-4-6-13/h2-6,12H,7-11H2,1H3,(H,17,23). The van der Waals surface area contributed by atoms with Gasteiger partial charge in [-0.2, -0.15) is 4.80 Å². The van der Waals surface area contributed by atoms with E-state index in [0.29, 0.717) is 32.1 Å². The summed E-state index contributed by atoms with van der Waals surface area (Å²) in [7, 11) is 0. The van der Waals surface area contributed by atoms with Gasteiger partial charge in [-0.25, -0.2) is 0 Å². The number of nitrogens with zero attached hydrogens (tertiary/aromatic N) is 5. The Kier molecular flexibility index (Phi) is 5.34. The molecule has 2 aromatic rings. The van der Waals surface area contributed by atoms with Crippen LogP contribution in [0.3, 0.4) is 0 Å². The Labute approximate surface area is 144 Å². The number of morpholine rings is 1. The quantitative estimate of drug-likeness (QED) is 0.799. The second kappa shape index (κ2) is 7.84. The van der Waals surface area contributed by atoms with Crippen molar-refractivity contribution in [3.8, 4) is 11.4 Å². The molecule has 9 heteroatoms. The van der Waals surface area contributed by atoms with Crippen molar-refractivity contribution >= 4 is 11.8 Å². The van der Waals surface area contributed by atoms with Crippen molar-refractivity contribution in [2.45, 2.75) is 19.5 Å². The summed E-state index contributed by atoms with van der Waals surface area (Å²) >= 11 is 0. The van der Waals surface area contributed by atoms with E-state index in [0.717, 1.165) is 5.56 Å². The Morgan fingerprint density at radius 2 is 1.96 bits per heavy atom. The Morgan fingerprint density at radius 3 is 2.68 bits per heavy atom. The van der Waals surface area contributed by atoms with Crippen LogP contribution in [0.4, 0.5) is 0 Å².